The minimum absolute atomic E-state index is 0.0712. The van der Waals surface area contributed by atoms with E-state index in [0.29, 0.717) is 18.4 Å². The maximum absolute atomic E-state index is 12.2. The van der Waals surface area contributed by atoms with Crippen molar-refractivity contribution >= 4 is 29.2 Å². The molecule has 0 aromatic heterocycles. The summed E-state index contributed by atoms with van der Waals surface area (Å²) in [4.78, 5) is 33.3. The fraction of sp³-hybridized carbons (Fsp3) is 0.467. The van der Waals surface area contributed by atoms with Crippen LogP contribution in [-0.4, -0.2) is 27.4 Å². The minimum atomic E-state index is -0.984. The highest BCUT2D eigenvalue weighted by atomic mass is 35.5. The molecule has 0 radical (unpaired) electrons. The van der Waals surface area contributed by atoms with E-state index in [2.05, 4.69) is 5.32 Å². The predicted molar refractivity (Wildman–Crippen MR) is 85.5 cm³/mol. The number of nitro groups is 1. The number of non-ortho nitro benzene ring substituents is 1. The monoisotopic (exact) mass is 342 g/mol. The van der Waals surface area contributed by atoms with Crippen molar-refractivity contribution in [3.63, 3.8) is 0 Å². The van der Waals surface area contributed by atoms with Crippen LogP contribution in [0.1, 0.15) is 38.7 Å². The van der Waals surface area contributed by atoms with Gasteiger partial charge in [-0.25, -0.2) is 0 Å². The van der Waals surface area contributed by atoms with Gasteiger partial charge in [0, 0.05) is 17.7 Å². The lowest BCUT2D eigenvalue weighted by Gasteiger charge is -2.31. The van der Waals surface area contributed by atoms with Crippen LogP contribution in [-0.2, 0) is 16.0 Å². The molecule has 1 amide bonds. The first-order valence-electron chi connectivity index (χ1n) is 7.18. The molecule has 1 aromatic rings. The van der Waals surface area contributed by atoms with Crippen LogP contribution >= 0.6 is 11.6 Å². The molecule has 0 fully saturated rings. The summed E-state index contributed by atoms with van der Waals surface area (Å²) in [5.41, 5.74) is -0.511. The Bertz CT molecular complexity index is 614. The number of aliphatic carboxylic acids is 1. The van der Waals surface area contributed by atoms with E-state index < -0.39 is 16.4 Å². The number of amides is 1. The Morgan fingerprint density at radius 1 is 1.35 bits per heavy atom. The molecular formula is C15H19ClN2O5. The quantitative estimate of drug-likeness (QED) is 0.557. The Morgan fingerprint density at radius 2 is 1.96 bits per heavy atom. The molecule has 2 N–H and O–H groups in total. The fourth-order valence-electron chi connectivity index (χ4n) is 2.32. The lowest BCUT2D eigenvalue weighted by molar-refractivity contribution is -0.384. The van der Waals surface area contributed by atoms with Gasteiger partial charge in [0.25, 0.3) is 5.69 Å². The van der Waals surface area contributed by atoms with Crippen molar-refractivity contribution in [3.05, 3.63) is 38.9 Å². The van der Waals surface area contributed by atoms with Gasteiger partial charge in [0.15, 0.2) is 0 Å². The highest BCUT2D eigenvalue weighted by Crippen LogP contribution is 2.24. The molecule has 0 saturated carbocycles. The van der Waals surface area contributed by atoms with Gasteiger partial charge in [0.1, 0.15) is 0 Å². The average Bonchev–Trinajstić information content (AvgIpc) is 2.47. The Kier molecular flexibility index (Phi) is 6.50. The summed E-state index contributed by atoms with van der Waals surface area (Å²) < 4.78 is 0. The fourth-order valence-corrected chi connectivity index (χ4v) is 2.56. The van der Waals surface area contributed by atoms with E-state index >= 15 is 0 Å². The van der Waals surface area contributed by atoms with Crippen LogP contribution in [0.4, 0.5) is 5.69 Å². The van der Waals surface area contributed by atoms with Gasteiger partial charge in [-0.3, -0.25) is 19.7 Å². The highest BCUT2D eigenvalue weighted by Gasteiger charge is 2.31. The number of carbonyl (C=O) groups excluding carboxylic acids is 1. The molecule has 1 aromatic carbocycles. The number of hydrogen-bond donors (Lipinski definition) is 2. The molecule has 126 valence electrons. The summed E-state index contributed by atoms with van der Waals surface area (Å²) in [5.74, 6) is -1.35. The zero-order valence-corrected chi connectivity index (χ0v) is 13.7. The van der Waals surface area contributed by atoms with E-state index in [0.717, 1.165) is 0 Å². The molecular weight excluding hydrogens is 324 g/mol. The molecule has 0 aliphatic heterocycles. The third kappa shape index (κ3) is 5.21. The lowest BCUT2D eigenvalue weighted by atomic mass is 9.88. The van der Waals surface area contributed by atoms with Crippen LogP contribution in [0.5, 0.6) is 0 Å². The standard InChI is InChI=1S/C15H19ClN2O5/c1-3-15(4-2,9-14(20)21)17-13(19)7-10-5-6-11(18(22)23)8-12(10)16/h5-6,8H,3-4,7,9H2,1-2H3,(H,17,19)(H,20,21). The van der Waals surface area contributed by atoms with Gasteiger partial charge in [0.2, 0.25) is 5.91 Å². The van der Waals surface area contributed by atoms with E-state index in [1.54, 1.807) is 0 Å². The second-order valence-corrected chi connectivity index (χ2v) is 5.72. The zero-order chi connectivity index (χ0) is 17.6. The van der Waals surface area contributed by atoms with Crippen molar-refractivity contribution in [3.8, 4) is 0 Å². The van der Waals surface area contributed by atoms with E-state index in [1.165, 1.54) is 18.2 Å². The van der Waals surface area contributed by atoms with Crippen molar-refractivity contribution < 1.29 is 19.6 Å². The molecule has 0 heterocycles. The normalized spacial score (nSPS) is 11.1. The number of hydrogen-bond acceptors (Lipinski definition) is 4. The minimum Gasteiger partial charge on any atom is -0.481 e. The van der Waals surface area contributed by atoms with Crippen molar-refractivity contribution in [2.75, 3.05) is 0 Å². The van der Waals surface area contributed by atoms with E-state index in [9.17, 15) is 19.7 Å². The largest absolute Gasteiger partial charge is 0.481 e. The maximum Gasteiger partial charge on any atom is 0.305 e. The van der Waals surface area contributed by atoms with Gasteiger partial charge < -0.3 is 10.4 Å². The number of nitro benzene ring substituents is 1. The third-order valence-corrected chi connectivity index (χ3v) is 4.20. The molecule has 0 saturated heterocycles. The van der Waals surface area contributed by atoms with E-state index in [4.69, 9.17) is 16.7 Å². The van der Waals surface area contributed by atoms with Crippen molar-refractivity contribution in [1.29, 1.82) is 0 Å². The van der Waals surface area contributed by atoms with Gasteiger partial charge in [-0.05, 0) is 18.4 Å². The number of halogens is 1. The SMILES string of the molecule is CCC(CC)(CC(=O)O)NC(=O)Cc1ccc([N+](=O)[O-])cc1Cl. The van der Waals surface area contributed by atoms with Gasteiger partial charge in [-0.2, -0.15) is 0 Å². The predicted octanol–water partition coefficient (Wildman–Crippen LogP) is 2.94. The average molecular weight is 343 g/mol. The van der Waals surface area contributed by atoms with Crippen LogP contribution in [0.2, 0.25) is 5.02 Å². The molecule has 0 atom stereocenters. The Morgan fingerprint density at radius 3 is 2.39 bits per heavy atom. The smallest absolute Gasteiger partial charge is 0.305 e. The topological polar surface area (TPSA) is 110 Å². The maximum atomic E-state index is 12.2. The lowest BCUT2D eigenvalue weighted by Crippen LogP contribution is -2.49. The molecule has 23 heavy (non-hydrogen) atoms. The van der Waals surface area contributed by atoms with Gasteiger partial charge in [-0.15, -0.1) is 0 Å². The Hall–Kier alpha value is -2.15. The van der Waals surface area contributed by atoms with E-state index in [-0.39, 0.29) is 29.5 Å². The molecule has 0 aliphatic carbocycles. The third-order valence-electron chi connectivity index (χ3n) is 3.85. The summed E-state index contributed by atoms with van der Waals surface area (Å²) in [6.07, 6.45) is 0.725. The zero-order valence-electron chi connectivity index (χ0n) is 13.0. The van der Waals surface area contributed by atoms with Crippen LogP contribution in [0, 0.1) is 10.1 Å². The van der Waals surface area contributed by atoms with Crippen molar-refractivity contribution in [2.45, 2.75) is 45.1 Å². The number of benzene rings is 1. The van der Waals surface area contributed by atoms with Gasteiger partial charge in [0.05, 0.1) is 22.8 Å². The second-order valence-electron chi connectivity index (χ2n) is 5.32. The summed E-state index contributed by atoms with van der Waals surface area (Å²) >= 11 is 5.96. The highest BCUT2D eigenvalue weighted by molar-refractivity contribution is 6.31. The number of carboxylic acid groups (broad SMARTS) is 1. The number of carbonyl (C=O) groups is 2. The summed E-state index contributed by atoms with van der Waals surface area (Å²) in [6, 6.07) is 3.89. The molecule has 0 aliphatic rings. The number of nitrogens with one attached hydrogen (secondary N) is 1. The summed E-state index contributed by atoms with van der Waals surface area (Å²) in [6.45, 7) is 3.62. The van der Waals surface area contributed by atoms with Crippen LogP contribution in [0.3, 0.4) is 0 Å². The van der Waals surface area contributed by atoms with Gasteiger partial charge in [-0.1, -0.05) is 31.5 Å². The summed E-state index contributed by atoms with van der Waals surface area (Å²) in [5, 5.41) is 22.6. The van der Waals surface area contributed by atoms with Crippen molar-refractivity contribution in [2.24, 2.45) is 0 Å². The molecule has 0 unspecified atom stereocenters. The molecule has 0 spiro atoms. The Labute approximate surface area is 138 Å². The van der Waals surface area contributed by atoms with Crippen LogP contribution < -0.4 is 5.32 Å². The first-order chi connectivity index (χ1) is 10.7. The summed E-state index contributed by atoms with van der Waals surface area (Å²) in [7, 11) is 0. The van der Waals surface area contributed by atoms with Crippen LogP contribution in [0.15, 0.2) is 18.2 Å². The number of nitrogens with zero attached hydrogens (tertiary/aromatic N) is 1. The number of carboxylic acids is 1. The molecule has 1 rings (SSSR count). The molecule has 8 heteroatoms. The second kappa shape index (κ2) is 7.92. The molecule has 7 nitrogen and oxygen atoms in total. The first-order valence-corrected chi connectivity index (χ1v) is 7.56. The van der Waals surface area contributed by atoms with Crippen LogP contribution in [0.25, 0.3) is 0 Å². The Balaban J connectivity index is 2.86. The first kappa shape index (κ1) is 18.9. The van der Waals surface area contributed by atoms with Gasteiger partial charge >= 0.3 is 5.97 Å². The molecule has 0 bridgehead atoms. The van der Waals surface area contributed by atoms with Crippen molar-refractivity contribution in [1.82, 2.24) is 5.32 Å². The number of rotatable bonds is 8. The van der Waals surface area contributed by atoms with E-state index in [1.807, 2.05) is 13.8 Å².